The van der Waals surface area contributed by atoms with Gasteiger partial charge in [-0.25, -0.2) is 9.97 Å². The zero-order chi connectivity index (χ0) is 22.0. The molecule has 0 bridgehead atoms. The van der Waals surface area contributed by atoms with Crippen LogP contribution in [0, 0.1) is 27.7 Å². The lowest BCUT2D eigenvalue weighted by Gasteiger charge is -2.10. The molecule has 4 aromatic rings. The quantitative estimate of drug-likeness (QED) is 0.501. The van der Waals surface area contributed by atoms with Crippen molar-refractivity contribution in [1.82, 2.24) is 19.5 Å². The minimum atomic E-state index is -0.153. The first-order chi connectivity index (χ1) is 14.9. The van der Waals surface area contributed by atoms with Gasteiger partial charge in [0, 0.05) is 23.0 Å². The molecule has 2 aromatic heterocycles. The van der Waals surface area contributed by atoms with Gasteiger partial charge in [0.1, 0.15) is 23.7 Å². The summed E-state index contributed by atoms with van der Waals surface area (Å²) in [6.07, 6.45) is 1.74. The second-order valence-electron chi connectivity index (χ2n) is 7.35. The Labute approximate surface area is 180 Å². The molecule has 7 heteroatoms. The highest BCUT2D eigenvalue weighted by molar-refractivity contribution is 6.04. The van der Waals surface area contributed by atoms with Gasteiger partial charge in [-0.2, -0.15) is 4.98 Å². The lowest BCUT2D eigenvalue weighted by molar-refractivity contribution is 0.102. The minimum Gasteiger partial charge on any atom is -0.439 e. The van der Waals surface area contributed by atoms with Crippen LogP contribution in [0.15, 0.2) is 60.9 Å². The molecule has 0 aliphatic rings. The summed E-state index contributed by atoms with van der Waals surface area (Å²) in [6, 6.07) is 16.4. The molecular weight excluding hydrogens is 390 g/mol. The maximum Gasteiger partial charge on any atom is 0.255 e. The Hall–Kier alpha value is -4.00. The number of imidazole rings is 1. The summed E-state index contributed by atoms with van der Waals surface area (Å²) < 4.78 is 7.83. The predicted octanol–water partition coefficient (Wildman–Crippen LogP) is 4.94. The van der Waals surface area contributed by atoms with Crippen LogP contribution >= 0.6 is 0 Å². The Bertz CT molecular complexity index is 1250. The third kappa shape index (κ3) is 4.61. The number of rotatable bonds is 5. The van der Waals surface area contributed by atoms with E-state index in [0.717, 1.165) is 17.0 Å². The Morgan fingerprint density at radius 2 is 1.74 bits per heavy atom. The highest BCUT2D eigenvalue weighted by Crippen LogP contribution is 2.24. The number of nitrogens with zero attached hydrogens (tertiary/aromatic N) is 4. The van der Waals surface area contributed by atoms with E-state index in [1.54, 1.807) is 42.7 Å². The summed E-state index contributed by atoms with van der Waals surface area (Å²) in [6.45, 7) is 7.72. The van der Waals surface area contributed by atoms with Crippen molar-refractivity contribution in [3.8, 4) is 17.4 Å². The van der Waals surface area contributed by atoms with Crippen molar-refractivity contribution in [3.63, 3.8) is 0 Å². The molecule has 0 aliphatic carbocycles. The van der Waals surface area contributed by atoms with Crippen LogP contribution in [-0.4, -0.2) is 25.4 Å². The van der Waals surface area contributed by atoms with Gasteiger partial charge < -0.3 is 10.1 Å². The molecule has 1 N–H and O–H groups in total. The molecule has 0 saturated carbocycles. The molecule has 0 aliphatic heterocycles. The van der Waals surface area contributed by atoms with E-state index in [9.17, 15) is 4.79 Å². The van der Waals surface area contributed by atoms with E-state index in [1.165, 1.54) is 0 Å². The number of hydrogen-bond donors (Lipinski definition) is 1. The van der Waals surface area contributed by atoms with Crippen molar-refractivity contribution >= 4 is 11.6 Å². The second kappa shape index (κ2) is 8.39. The van der Waals surface area contributed by atoms with Crippen LogP contribution in [0.1, 0.15) is 33.1 Å². The third-order valence-corrected chi connectivity index (χ3v) is 4.91. The van der Waals surface area contributed by atoms with Crippen molar-refractivity contribution in [1.29, 1.82) is 0 Å². The number of nitrogens with one attached hydrogen (secondary N) is 1. The number of carbonyl (C=O) groups excluding carboxylic acids is 1. The minimum absolute atomic E-state index is 0.153. The van der Waals surface area contributed by atoms with Gasteiger partial charge in [0.2, 0.25) is 5.88 Å². The van der Waals surface area contributed by atoms with Crippen molar-refractivity contribution in [3.05, 3.63) is 89.3 Å². The van der Waals surface area contributed by atoms with Gasteiger partial charge in [-0.05, 0) is 64.1 Å². The molecule has 0 spiro atoms. The number of carbonyl (C=O) groups is 1. The Morgan fingerprint density at radius 1 is 0.968 bits per heavy atom. The van der Waals surface area contributed by atoms with Crippen molar-refractivity contribution in [2.75, 3.05) is 5.32 Å². The highest BCUT2D eigenvalue weighted by atomic mass is 16.5. The van der Waals surface area contributed by atoms with Gasteiger partial charge in [0.25, 0.3) is 5.91 Å². The Balaban J connectivity index is 1.49. The fraction of sp³-hybridized carbons (Fsp3) is 0.167. The van der Waals surface area contributed by atoms with Gasteiger partial charge >= 0.3 is 0 Å². The summed E-state index contributed by atoms with van der Waals surface area (Å²) in [4.78, 5) is 25.6. The highest BCUT2D eigenvalue weighted by Gasteiger charge is 2.11. The number of anilines is 1. The topological polar surface area (TPSA) is 81.9 Å². The Morgan fingerprint density at radius 3 is 2.42 bits per heavy atom. The monoisotopic (exact) mass is 413 g/mol. The molecule has 0 fully saturated rings. The first-order valence-electron chi connectivity index (χ1n) is 9.91. The normalized spacial score (nSPS) is 10.7. The molecule has 0 saturated heterocycles. The molecule has 1 amide bonds. The average molecular weight is 413 g/mol. The molecule has 31 heavy (non-hydrogen) atoms. The third-order valence-electron chi connectivity index (χ3n) is 4.91. The number of aromatic nitrogens is 4. The predicted molar refractivity (Wildman–Crippen MR) is 119 cm³/mol. The Kier molecular flexibility index (Phi) is 5.49. The van der Waals surface area contributed by atoms with Crippen LogP contribution in [0.25, 0.3) is 5.82 Å². The van der Waals surface area contributed by atoms with Crippen molar-refractivity contribution < 1.29 is 9.53 Å². The van der Waals surface area contributed by atoms with Crippen molar-refractivity contribution in [2.24, 2.45) is 0 Å². The van der Waals surface area contributed by atoms with E-state index in [1.807, 2.05) is 50.5 Å². The van der Waals surface area contributed by atoms with Crippen LogP contribution in [0.3, 0.4) is 0 Å². The molecule has 0 unspecified atom stereocenters. The fourth-order valence-corrected chi connectivity index (χ4v) is 3.15. The second-order valence-corrected chi connectivity index (χ2v) is 7.35. The molecule has 2 aromatic carbocycles. The lowest BCUT2D eigenvalue weighted by atomic mass is 10.1. The molecule has 2 heterocycles. The number of amides is 1. The van der Waals surface area contributed by atoms with Crippen LogP contribution in [0.2, 0.25) is 0 Å². The standard InChI is InChI=1S/C24H23N5O2/c1-15-6-5-7-19(12-15)24(30)28-20-8-10-21(11-9-20)31-23-13-22(26-18(4)27-23)29-14-25-16(2)17(29)3/h5-14H,1-4H3,(H,28,30). The van der Waals surface area contributed by atoms with Gasteiger partial charge in [-0.3, -0.25) is 9.36 Å². The number of hydrogen-bond acceptors (Lipinski definition) is 5. The van der Waals surface area contributed by atoms with E-state index in [-0.39, 0.29) is 5.91 Å². The largest absolute Gasteiger partial charge is 0.439 e. The SMILES string of the molecule is Cc1cccc(C(=O)Nc2ccc(Oc3cc(-n4cnc(C)c4C)nc(C)n3)cc2)c1. The zero-order valence-corrected chi connectivity index (χ0v) is 17.9. The summed E-state index contributed by atoms with van der Waals surface area (Å²) >= 11 is 0. The number of benzene rings is 2. The first-order valence-corrected chi connectivity index (χ1v) is 9.91. The van der Waals surface area contributed by atoms with Crippen molar-refractivity contribution in [2.45, 2.75) is 27.7 Å². The van der Waals surface area contributed by atoms with Crippen LogP contribution in [-0.2, 0) is 0 Å². The first kappa shape index (κ1) is 20.3. The maximum atomic E-state index is 12.4. The van der Waals surface area contributed by atoms with Gasteiger partial charge in [0.15, 0.2) is 0 Å². The van der Waals surface area contributed by atoms with Gasteiger partial charge in [-0.15, -0.1) is 0 Å². The summed E-state index contributed by atoms with van der Waals surface area (Å²) in [5, 5.41) is 2.89. The molecule has 7 nitrogen and oxygen atoms in total. The smallest absolute Gasteiger partial charge is 0.255 e. The van der Waals surface area contributed by atoms with E-state index >= 15 is 0 Å². The van der Waals surface area contributed by atoms with Crippen LogP contribution in [0.5, 0.6) is 11.6 Å². The molecule has 0 radical (unpaired) electrons. The molecular formula is C24H23N5O2. The maximum absolute atomic E-state index is 12.4. The number of aryl methyl sites for hydroxylation is 3. The van der Waals surface area contributed by atoms with Crippen LogP contribution < -0.4 is 10.1 Å². The number of ether oxygens (including phenoxy) is 1. The van der Waals surface area contributed by atoms with E-state index in [4.69, 9.17) is 4.74 Å². The summed E-state index contributed by atoms with van der Waals surface area (Å²) in [7, 11) is 0. The lowest BCUT2D eigenvalue weighted by Crippen LogP contribution is -2.11. The van der Waals surface area contributed by atoms with Crippen LogP contribution in [0.4, 0.5) is 5.69 Å². The summed E-state index contributed by atoms with van der Waals surface area (Å²) in [5.41, 5.74) is 4.30. The zero-order valence-electron chi connectivity index (χ0n) is 17.9. The molecule has 4 rings (SSSR count). The molecule has 0 atom stereocenters. The van der Waals surface area contributed by atoms with E-state index in [2.05, 4.69) is 20.3 Å². The van der Waals surface area contributed by atoms with Gasteiger partial charge in [0.05, 0.1) is 5.69 Å². The molecule has 156 valence electrons. The van der Waals surface area contributed by atoms with Gasteiger partial charge in [-0.1, -0.05) is 17.7 Å². The van der Waals surface area contributed by atoms with E-state index in [0.29, 0.717) is 34.5 Å². The fourth-order valence-electron chi connectivity index (χ4n) is 3.15. The summed E-state index contributed by atoms with van der Waals surface area (Å²) in [5.74, 6) is 2.18. The van der Waals surface area contributed by atoms with E-state index < -0.39 is 0 Å². The average Bonchev–Trinajstić information content (AvgIpc) is 3.07.